The van der Waals surface area contributed by atoms with Crippen LogP contribution in [0.15, 0.2) is 48.5 Å². The van der Waals surface area contributed by atoms with Gasteiger partial charge in [0, 0.05) is 3.57 Å². The van der Waals surface area contributed by atoms with Crippen LogP contribution >= 0.6 is 22.6 Å². The summed E-state index contributed by atoms with van der Waals surface area (Å²) < 4.78 is 14.0. The predicted octanol–water partition coefficient (Wildman–Crippen LogP) is 4.45. The van der Waals surface area contributed by atoms with Crippen molar-refractivity contribution in [1.82, 2.24) is 10.6 Å². The molecule has 27 heavy (non-hydrogen) atoms. The molecule has 0 aliphatic heterocycles. The number of carbonyl (C=O) groups is 2. The Morgan fingerprint density at radius 2 is 1.70 bits per heavy atom. The number of carbonyl (C=O) groups excluding carboxylic acids is 2. The summed E-state index contributed by atoms with van der Waals surface area (Å²) in [7, 11) is 0. The van der Waals surface area contributed by atoms with Crippen molar-refractivity contribution in [3.05, 3.63) is 69.0 Å². The second kappa shape index (κ2) is 9.30. The van der Waals surface area contributed by atoms with Gasteiger partial charge >= 0.3 is 0 Å². The Morgan fingerprint density at radius 3 is 2.30 bits per heavy atom. The van der Waals surface area contributed by atoms with E-state index in [9.17, 15) is 14.0 Å². The largest absolute Gasteiger partial charge is 0.348 e. The van der Waals surface area contributed by atoms with Gasteiger partial charge in [0.25, 0.3) is 5.91 Å². The Kier molecular flexibility index (Phi) is 7.35. The van der Waals surface area contributed by atoms with Crippen molar-refractivity contribution in [3.63, 3.8) is 0 Å². The third-order valence-corrected chi connectivity index (χ3v) is 4.89. The lowest BCUT2D eigenvalue weighted by Crippen LogP contribution is -2.39. The van der Waals surface area contributed by atoms with Gasteiger partial charge in [0.05, 0.1) is 18.2 Å². The SMILES string of the molecule is CC(C)(C)CC(NC(=O)CNC(=O)c1ccccc1I)c1ccc(F)cc1. The first-order valence-electron chi connectivity index (χ1n) is 8.73. The molecule has 2 aromatic carbocycles. The van der Waals surface area contributed by atoms with E-state index < -0.39 is 0 Å². The second-order valence-electron chi connectivity index (χ2n) is 7.60. The molecule has 0 radical (unpaired) electrons. The zero-order chi connectivity index (χ0) is 20.0. The van der Waals surface area contributed by atoms with Gasteiger partial charge in [-0.05, 0) is 64.3 Å². The van der Waals surface area contributed by atoms with Crippen LogP contribution in [0.2, 0.25) is 0 Å². The van der Waals surface area contributed by atoms with E-state index in [2.05, 4.69) is 54.0 Å². The molecule has 1 atom stereocenters. The molecule has 4 nitrogen and oxygen atoms in total. The van der Waals surface area contributed by atoms with Crippen LogP contribution in [0.5, 0.6) is 0 Å². The highest BCUT2D eigenvalue weighted by Crippen LogP contribution is 2.29. The minimum atomic E-state index is -0.315. The third-order valence-electron chi connectivity index (χ3n) is 3.95. The quantitative estimate of drug-likeness (QED) is 0.598. The minimum Gasteiger partial charge on any atom is -0.348 e. The number of nitrogens with one attached hydrogen (secondary N) is 2. The molecule has 6 heteroatoms. The average molecular weight is 482 g/mol. The van der Waals surface area contributed by atoms with E-state index in [1.807, 2.05) is 12.1 Å². The van der Waals surface area contributed by atoms with E-state index in [1.54, 1.807) is 24.3 Å². The number of halogens is 2. The molecule has 0 bridgehead atoms. The summed E-state index contributed by atoms with van der Waals surface area (Å²) in [5.74, 6) is -0.888. The van der Waals surface area contributed by atoms with Crippen LogP contribution in [0.3, 0.4) is 0 Å². The smallest absolute Gasteiger partial charge is 0.252 e. The highest BCUT2D eigenvalue weighted by Gasteiger charge is 2.22. The topological polar surface area (TPSA) is 58.2 Å². The predicted molar refractivity (Wildman–Crippen MR) is 113 cm³/mol. The fraction of sp³-hybridized carbons (Fsp3) is 0.333. The van der Waals surface area contributed by atoms with Gasteiger partial charge in [0.2, 0.25) is 5.91 Å². The van der Waals surface area contributed by atoms with E-state index in [4.69, 9.17) is 0 Å². The van der Waals surface area contributed by atoms with E-state index in [0.717, 1.165) is 9.13 Å². The molecule has 2 amide bonds. The average Bonchev–Trinajstić information content (AvgIpc) is 2.59. The summed E-state index contributed by atoms with van der Waals surface area (Å²) in [6.07, 6.45) is 0.689. The lowest BCUT2D eigenvalue weighted by atomic mass is 9.85. The summed E-state index contributed by atoms with van der Waals surface area (Å²) in [6, 6.07) is 13.1. The summed E-state index contributed by atoms with van der Waals surface area (Å²) in [6.45, 7) is 6.12. The maximum Gasteiger partial charge on any atom is 0.252 e. The van der Waals surface area contributed by atoms with Crippen molar-refractivity contribution in [1.29, 1.82) is 0 Å². The normalized spacial score (nSPS) is 12.3. The van der Waals surface area contributed by atoms with Crippen LogP contribution in [0.25, 0.3) is 0 Å². The molecule has 0 heterocycles. The number of hydrogen-bond donors (Lipinski definition) is 2. The maximum absolute atomic E-state index is 13.2. The van der Waals surface area contributed by atoms with Crippen LogP contribution in [-0.4, -0.2) is 18.4 Å². The molecule has 0 spiro atoms. The van der Waals surface area contributed by atoms with Gasteiger partial charge in [-0.25, -0.2) is 4.39 Å². The molecule has 2 N–H and O–H groups in total. The Labute approximate surface area is 173 Å². The monoisotopic (exact) mass is 482 g/mol. The maximum atomic E-state index is 13.2. The Hall–Kier alpha value is -1.96. The first kappa shape index (κ1) is 21.3. The van der Waals surface area contributed by atoms with Crippen molar-refractivity contribution in [2.24, 2.45) is 5.41 Å². The molecule has 0 aliphatic rings. The van der Waals surface area contributed by atoms with E-state index >= 15 is 0 Å². The third kappa shape index (κ3) is 6.93. The molecule has 1 unspecified atom stereocenters. The Morgan fingerprint density at radius 1 is 1.07 bits per heavy atom. The Balaban J connectivity index is 2.01. The molecule has 0 saturated heterocycles. The van der Waals surface area contributed by atoms with Crippen LogP contribution in [0.4, 0.5) is 4.39 Å². The van der Waals surface area contributed by atoms with Crippen molar-refractivity contribution < 1.29 is 14.0 Å². The van der Waals surface area contributed by atoms with Gasteiger partial charge in [-0.1, -0.05) is 45.0 Å². The first-order valence-corrected chi connectivity index (χ1v) is 9.81. The molecule has 2 aromatic rings. The lowest BCUT2D eigenvalue weighted by molar-refractivity contribution is -0.121. The van der Waals surface area contributed by atoms with Crippen LogP contribution < -0.4 is 10.6 Å². The van der Waals surface area contributed by atoms with Crippen molar-refractivity contribution in [3.8, 4) is 0 Å². The van der Waals surface area contributed by atoms with Gasteiger partial charge in [0.15, 0.2) is 0 Å². The van der Waals surface area contributed by atoms with E-state index in [-0.39, 0.29) is 35.6 Å². The lowest BCUT2D eigenvalue weighted by Gasteiger charge is -2.27. The van der Waals surface area contributed by atoms with E-state index in [0.29, 0.717) is 12.0 Å². The molecule has 0 aliphatic carbocycles. The van der Waals surface area contributed by atoms with E-state index in [1.165, 1.54) is 12.1 Å². The minimum absolute atomic E-state index is 0.0320. The zero-order valence-electron chi connectivity index (χ0n) is 15.7. The Bertz CT molecular complexity index is 801. The fourth-order valence-corrected chi connectivity index (χ4v) is 3.34. The van der Waals surface area contributed by atoms with Crippen molar-refractivity contribution in [2.75, 3.05) is 6.54 Å². The number of rotatable bonds is 6. The van der Waals surface area contributed by atoms with Gasteiger partial charge in [-0.3, -0.25) is 9.59 Å². The molecule has 0 aromatic heterocycles. The number of amides is 2. The molecular weight excluding hydrogens is 458 g/mol. The van der Waals surface area contributed by atoms with Gasteiger partial charge in [-0.15, -0.1) is 0 Å². The number of hydrogen-bond acceptors (Lipinski definition) is 2. The van der Waals surface area contributed by atoms with Crippen LogP contribution in [0.1, 0.15) is 49.2 Å². The zero-order valence-corrected chi connectivity index (χ0v) is 17.8. The molecule has 2 rings (SSSR count). The molecule has 0 saturated carbocycles. The first-order chi connectivity index (χ1) is 12.7. The second-order valence-corrected chi connectivity index (χ2v) is 8.76. The van der Waals surface area contributed by atoms with Gasteiger partial charge < -0.3 is 10.6 Å². The van der Waals surface area contributed by atoms with Crippen LogP contribution in [-0.2, 0) is 4.79 Å². The highest BCUT2D eigenvalue weighted by atomic mass is 127. The fourth-order valence-electron chi connectivity index (χ4n) is 2.71. The molecule has 0 fully saturated rings. The summed E-state index contributed by atoms with van der Waals surface area (Å²) >= 11 is 2.09. The summed E-state index contributed by atoms with van der Waals surface area (Å²) in [5.41, 5.74) is 1.34. The standard InChI is InChI=1S/C21H24FIN2O2/c1-21(2,3)12-18(14-8-10-15(22)11-9-14)25-19(26)13-24-20(27)16-6-4-5-7-17(16)23/h4-11,18H,12-13H2,1-3H3,(H,24,27)(H,25,26). The van der Waals surface area contributed by atoms with Crippen molar-refractivity contribution >= 4 is 34.4 Å². The van der Waals surface area contributed by atoms with Crippen molar-refractivity contribution in [2.45, 2.75) is 33.2 Å². The van der Waals surface area contributed by atoms with Gasteiger partial charge in [-0.2, -0.15) is 0 Å². The molecule has 144 valence electrons. The number of benzene rings is 2. The van der Waals surface area contributed by atoms with Gasteiger partial charge in [0.1, 0.15) is 5.82 Å². The molecular formula is C21H24FIN2O2. The highest BCUT2D eigenvalue weighted by molar-refractivity contribution is 14.1. The van der Waals surface area contributed by atoms with Crippen LogP contribution in [0, 0.1) is 14.8 Å². The summed E-state index contributed by atoms with van der Waals surface area (Å²) in [4.78, 5) is 24.7. The summed E-state index contributed by atoms with van der Waals surface area (Å²) in [5, 5.41) is 5.61.